The van der Waals surface area contributed by atoms with Gasteiger partial charge in [0.2, 0.25) is 0 Å². The molecule has 6 heteroatoms. The van der Waals surface area contributed by atoms with Gasteiger partial charge in [-0.15, -0.1) is 0 Å². The molecule has 0 saturated heterocycles. The van der Waals surface area contributed by atoms with Crippen molar-refractivity contribution >= 4 is 33.3 Å². The molecule has 0 amide bonds. The smallest absolute Gasteiger partial charge is 0.158 e. The molecule has 2 aromatic rings. The summed E-state index contributed by atoms with van der Waals surface area (Å²) in [6.45, 7) is 2.99. The lowest BCUT2D eigenvalue weighted by molar-refractivity contribution is 0.128. The minimum atomic E-state index is 0.399. The van der Waals surface area contributed by atoms with Crippen molar-refractivity contribution in [2.24, 2.45) is 0 Å². The minimum absolute atomic E-state index is 0.399. The van der Waals surface area contributed by atoms with Crippen molar-refractivity contribution in [1.82, 2.24) is 9.97 Å². The Hall–Kier alpha value is -1.66. The van der Waals surface area contributed by atoms with Gasteiger partial charge >= 0.3 is 0 Å². The standard InChI is InChI=1S/C14H17BrN4O/c1-3-20-9-14-18-12(16-2)8-13(19-14)17-11-7-5-4-6-10(11)15/h4-8H,3,9H2,1-2H3,(H2,16,17,18,19). The zero-order valence-corrected chi connectivity index (χ0v) is 13.1. The van der Waals surface area contributed by atoms with Gasteiger partial charge in [0.25, 0.3) is 0 Å². The summed E-state index contributed by atoms with van der Waals surface area (Å²) in [7, 11) is 1.83. The van der Waals surface area contributed by atoms with Crippen LogP contribution in [-0.2, 0) is 11.3 Å². The molecule has 0 spiro atoms. The van der Waals surface area contributed by atoms with E-state index in [1.807, 2.05) is 44.3 Å². The van der Waals surface area contributed by atoms with Crippen molar-refractivity contribution in [3.05, 3.63) is 40.6 Å². The molecule has 5 nitrogen and oxygen atoms in total. The summed E-state index contributed by atoms with van der Waals surface area (Å²) in [5.74, 6) is 2.13. The van der Waals surface area contributed by atoms with Gasteiger partial charge in [-0.1, -0.05) is 12.1 Å². The molecular weight excluding hydrogens is 320 g/mol. The number of halogens is 1. The molecule has 1 heterocycles. The van der Waals surface area contributed by atoms with Crippen LogP contribution >= 0.6 is 15.9 Å². The number of para-hydroxylation sites is 1. The third-order valence-corrected chi connectivity index (χ3v) is 3.29. The highest BCUT2D eigenvalue weighted by molar-refractivity contribution is 9.10. The van der Waals surface area contributed by atoms with Crippen LogP contribution in [0.5, 0.6) is 0 Å². The predicted molar refractivity (Wildman–Crippen MR) is 84.3 cm³/mol. The molecule has 2 N–H and O–H groups in total. The second-order valence-corrected chi connectivity index (χ2v) is 4.90. The molecule has 0 aliphatic carbocycles. The molecule has 0 saturated carbocycles. The highest BCUT2D eigenvalue weighted by Crippen LogP contribution is 2.25. The fourth-order valence-electron chi connectivity index (χ4n) is 1.65. The fraction of sp³-hybridized carbons (Fsp3) is 0.286. The van der Waals surface area contributed by atoms with E-state index in [-0.39, 0.29) is 0 Å². The van der Waals surface area contributed by atoms with Crippen LogP contribution in [0.15, 0.2) is 34.8 Å². The van der Waals surface area contributed by atoms with E-state index in [0.29, 0.717) is 19.0 Å². The minimum Gasteiger partial charge on any atom is -0.374 e. The van der Waals surface area contributed by atoms with Crippen molar-refractivity contribution in [1.29, 1.82) is 0 Å². The summed E-state index contributed by atoms with van der Waals surface area (Å²) >= 11 is 3.50. The molecule has 0 aliphatic heterocycles. The number of rotatable bonds is 6. The second kappa shape index (κ2) is 7.21. The lowest BCUT2D eigenvalue weighted by Gasteiger charge is -2.11. The van der Waals surface area contributed by atoms with Crippen molar-refractivity contribution in [2.45, 2.75) is 13.5 Å². The normalized spacial score (nSPS) is 10.3. The molecule has 0 aliphatic rings. The summed E-state index contributed by atoms with van der Waals surface area (Å²) < 4.78 is 6.34. The topological polar surface area (TPSA) is 59.1 Å². The first-order chi connectivity index (χ1) is 9.72. The Morgan fingerprint density at radius 2 is 1.95 bits per heavy atom. The van der Waals surface area contributed by atoms with E-state index in [2.05, 4.69) is 36.5 Å². The third kappa shape index (κ3) is 3.91. The van der Waals surface area contributed by atoms with E-state index in [1.165, 1.54) is 0 Å². The van der Waals surface area contributed by atoms with Gasteiger partial charge in [0.05, 0.1) is 5.69 Å². The van der Waals surface area contributed by atoms with Crippen LogP contribution in [0.1, 0.15) is 12.7 Å². The van der Waals surface area contributed by atoms with Crippen LogP contribution in [0.4, 0.5) is 17.3 Å². The van der Waals surface area contributed by atoms with Gasteiger partial charge in [-0.05, 0) is 35.0 Å². The van der Waals surface area contributed by atoms with Crippen molar-refractivity contribution in [2.75, 3.05) is 24.3 Å². The molecule has 0 bridgehead atoms. The SMILES string of the molecule is CCOCc1nc(NC)cc(Nc2ccccc2Br)n1. The number of ether oxygens (including phenoxy) is 1. The second-order valence-electron chi connectivity index (χ2n) is 4.05. The number of nitrogens with one attached hydrogen (secondary N) is 2. The van der Waals surface area contributed by atoms with Crippen LogP contribution in [0, 0.1) is 0 Å². The number of aromatic nitrogens is 2. The van der Waals surface area contributed by atoms with Crippen molar-refractivity contribution < 1.29 is 4.74 Å². The summed E-state index contributed by atoms with van der Waals surface area (Å²) in [6.07, 6.45) is 0. The first-order valence-electron chi connectivity index (χ1n) is 6.38. The van der Waals surface area contributed by atoms with Gasteiger partial charge in [0, 0.05) is 24.2 Å². The summed E-state index contributed by atoms with van der Waals surface area (Å²) in [4.78, 5) is 8.80. The predicted octanol–water partition coefficient (Wildman–Crippen LogP) is 3.56. The molecule has 2 rings (SSSR count). The monoisotopic (exact) mass is 336 g/mol. The summed E-state index contributed by atoms with van der Waals surface area (Å²) in [5, 5.41) is 6.30. The van der Waals surface area contributed by atoms with E-state index in [0.717, 1.165) is 21.8 Å². The molecule has 0 atom stereocenters. The molecule has 0 fully saturated rings. The Labute approximate surface area is 126 Å². The largest absolute Gasteiger partial charge is 0.374 e. The number of hydrogen-bond acceptors (Lipinski definition) is 5. The lowest BCUT2D eigenvalue weighted by atomic mass is 10.3. The average molecular weight is 337 g/mol. The van der Waals surface area contributed by atoms with E-state index >= 15 is 0 Å². The Bertz CT molecular complexity index is 577. The van der Waals surface area contributed by atoms with Gasteiger partial charge in [-0.25, -0.2) is 9.97 Å². The molecule has 20 heavy (non-hydrogen) atoms. The molecular formula is C14H17BrN4O. The Morgan fingerprint density at radius 1 is 1.20 bits per heavy atom. The maximum Gasteiger partial charge on any atom is 0.158 e. The van der Waals surface area contributed by atoms with Gasteiger partial charge in [0.1, 0.15) is 18.2 Å². The molecule has 1 aromatic heterocycles. The first-order valence-corrected chi connectivity index (χ1v) is 7.17. The Kier molecular flexibility index (Phi) is 5.31. The van der Waals surface area contributed by atoms with E-state index < -0.39 is 0 Å². The molecule has 0 unspecified atom stereocenters. The lowest BCUT2D eigenvalue weighted by Crippen LogP contribution is -2.05. The number of anilines is 3. The summed E-state index contributed by atoms with van der Waals surface area (Å²) in [6, 6.07) is 9.75. The van der Waals surface area contributed by atoms with Crippen LogP contribution in [0.3, 0.4) is 0 Å². The van der Waals surface area contributed by atoms with Crippen LogP contribution in [0.2, 0.25) is 0 Å². The summed E-state index contributed by atoms with van der Waals surface area (Å²) in [5.41, 5.74) is 0.954. The Morgan fingerprint density at radius 3 is 2.65 bits per heavy atom. The van der Waals surface area contributed by atoms with E-state index in [4.69, 9.17) is 4.74 Å². The van der Waals surface area contributed by atoms with Gasteiger partial charge in [-0.2, -0.15) is 0 Å². The first kappa shape index (κ1) is 14.7. The molecule has 1 aromatic carbocycles. The number of hydrogen-bond donors (Lipinski definition) is 2. The highest BCUT2D eigenvalue weighted by Gasteiger charge is 2.06. The molecule has 106 valence electrons. The number of benzene rings is 1. The van der Waals surface area contributed by atoms with E-state index in [9.17, 15) is 0 Å². The van der Waals surface area contributed by atoms with Gasteiger partial charge in [-0.3, -0.25) is 0 Å². The zero-order valence-electron chi connectivity index (χ0n) is 11.5. The van der Waals surface area contributed by atoms with Crippen LogP contribution in [0.25, 0.3) is 0 Å². The highest BCUT2D eigenvalue weighted by atomic mass is 79.9. The quantitative estimate of drug-likeness (QED) is 0.844. The van der Waals surface area contributed by atoms with Crippen molar-refractivity contribution in [3.63, 3.8) is 0 Å². The van der Waals surface area contributed by atoms with Crippen molar-refractivity contribution in [3.8, 4) is 0 Å². The zero-order chi connectivity index (χ0) is 14.4. The van der Waals surface area contributed by atoms with Gasteiger partial charge in [0.15, 0.2) is 5.82 Å². The van der Waals surface area contributed by atoms with Crippen LogP contribution in [-0.4, -0.2) is 23.6 Å². The fourth-order valence-corrected chi connectivity index (χ4v) is 2.03. The van der Waals surface area contributed by atoms with E-state index in [1.54, 1.807) is 0 Å². The Balaban J connectivity index is 2.24. The van der Waals surface area contributed by atoms with Gasteiger partial charge < -0.3 is 15.4 Å². The average Bonchev–Trinajstić information content (AvgIpc) is 2.47. The molecule has 0 radical (unpaired) electrons. The number of nitrogens with zero attached hydrogens (tertiary/aromatic N) is 2. The maximum absolute atomic E-state index is 5.36. The van der Waals surface area contributed by atoms with Crippen LogP contribution < -0.4 is 10.6 Å². The third-order valence-electron chi connectivity index (χ3n) is 2.60. The maximum atomic E-state index is 5.36.